The third kappa shape index (κ3) is 9.76. The van der Waals surface area contributed by atoms with E-state index in [0.717, 1.165) is 0 Å². The van der Waals surface area contributed by atoms with Gasteiger partial charge in [0.05, 0.1) is 0 Å². The fraction of sp³-hybridized carbons (Fsp3) is 0.333. The quantitative estimate of drug-likeness (QED) is 0.325. The molecule has 0 bridgehead atoms. The van der Waals surface area contributed by atoms with Gasteiger partial charge in [0.25, 0.3) is 0 Å². The Labute approximate surface area is 128 Å². The number of benzene rings is 1. The van der Waals surface area contributed by atoms with Crippen LogP contribution < -0.4 is 34.0 Å². The van der Waals surface area contributed by atoms with Crippen molar-refractivity contribution >= 4 is 23.1 Å². The van der Waals surface area contributed by atoms with Crippen LogP contribution in [0.25, 0.3) is 0 Å². The molecule has 0 N–H and O–H groups in total. The molecule has 0 aromatic heterocycles. The Balaban J connectivity index is -0.000000101. The number of hydrogen-bond acceptors (Lipinski definition) is 0. The molecule has 0 unspecified atom stereocenters. The largest absolute Gasteiger partial charge is 2.00 e. The van der Waals surface area contributed by atoms with Gasteiger partial charge in [-0.3, -0.25) is 0 Å². The zero-order valence-electron chi connectivity index (χ0n) is 7.92. The Hall–Kier alpha value is 1.47. The van der Waals surface area contributed by atoms with Crippen LogP contribution in [0.3, 0.4) is 0 Å². The number of halogens is 2. The summed E-state index contributed by atoms with van der Waals surface area (Å²) in [5, 5.41) is 0. The maximum absolute atomic E-state index is 3.21. The first-order valence-electron chi connectivity index (χ1n) is 3.15. The summed E-state index contributed by atoms with van der Waals surface area (Å²) in [7, 11) is 0. The summed E-state index contributed by atoms with van der Waals surface area (Å²) >= 11 is 0. The second kappa shape index (κ2) is 11.5. The van der Waals surface area contributed by atoms with Gasteiger partial charge in [-0.25, -0.2) is 0 Å². The zero-order chi connectivity index (χ0) is 6.85. The summed E-state index contributed by atoms with van der Waals surface area (Å²) in [6.45, 7) is 6.24. The van der Waals surface area contributed by atoms with Gasteiger partial charge in [-0.2, -0.15) is 34.9 Å². The minimum Gasteiger partial charge on any atom is -1.00 e. The van der Waals surface area contributed by atoms with Crippen LogP contribution in [0.1, 0.15) is 16.7 Å². The fourth-order valence-electron chi connectivity index (χ4n) is 1.11. The van der Waals surface area contributed by atoms with Gasteiger partial charge in [-0.05, 0) is 0 Å². The molecular formula is C9H11Br2CuMg. The van der Waals surface area contributed by atoms with Gasteiger partial charge in [0, 0.05) is 0 Å². The van der Waals surface area contributed by atoms with Crippen LogP contribution in [0.15, 0.2) is 12.1 Å². The molecule has 1 aromatic rings. The second-order valence-corrected chi connectivity index (χ2v) is 2.52. The number of aryl methyl sites for hydroxylation is 3. The van der Waals surface area contributed by atoms with Crippen LogP contribution in [0.2, 0.25) is 0 Å². The topological polar surface area (TPSA) is 0 Å². The molecule has 13 heavy (non-hydrogen) atoms. The molecule has 0 amide bonds. The van der Waals surface area contributed by atoms with Crippen LogP contribution in [0.4, 0.5) is 0 Å². The minimum atomic E-state index is 0. The molecule has 0 aliphatic heterocycles. The van der Waals surface area contributed by atoms with E-state index in [2.05, 4.69) is 39.0 Å². The Bertz CT molecular complexity index is 178. The summed E-state index contributed by atoms with van der Waals surface area (Å²) in [4.78, 5) is 0. The van der Waals surface area contributed by atoms with Gasteiger partial charge in [0.2, 0.25) is 0 Å². The van der Waals surface area contributed by atoms with Crippen molar-refractivity contribution in [3.63, 3.8) is 0 Å². The molecule has 0 aliphatic carbocycles. The van der Waals surface area contributed by atoms with Crippen LogP contribution in [0.5, 0.6) is 0 Å². The molecule has 4 heteroatoms. The maximum Gasteiger partial charge on any atom is 2.00 e. The van der Waals surface area contributed by atoms with E-state index in [-0.39, 0.29) is 74.1 Å². The summed E-state index contributed by atoms with van der Waals surface area (Å²) in [5.41, 5.74) is 3.78. The molecule has 1 aromatic carbocycles. The molecular weight excluding hydrogens is 356 g/mol. The van der Waals surface area contributed by atoms with Crippen molar-refractivity contribution in [2.45, 2.75) is 20.8 Å². The van der Waals surface area contributed by atoms with Crippen LogP contribution in [0, 0.1) is 26.8 Å². The Morgan fingerprint density at radius 3 is 1.46 bits per heavy atom. The first-order valence-corrected chi connectivity index (χ1v) is 3.15. The average molecular weight is 367 g/mol. The monoisotopic (exact) mass is 364 g/mol. The van der Waals surface area contributed by atoms with Crippen molar-refractivity contribution in [3.05, 3.63) is 34.9 Å². The van der Waals surface area contributed by atoms with E-state index in [9.17, 15) is 0 Å². The van der Waals surface area contributed by atoms with Gasteiger partial charge in [-0.15, -0.1) is 0 Å². The second-order valence-electron chi connectivity index (χ2n) is 2.52. The van der Waals surface area contributed by atoms with E-state index in [1.165, 1.54) is 16.7 Å². The van der Waals surface area contributed by atoms with Crippen molar-refractivity contribution in [3.8, 4) is 0 Å². The predicted octanol–water partition coefficient (Wildman–Crippen LogP) is -3.96. The summed E-state index contributed by atoms with van der Waals surface area (Å²) < 4.78 is 0. The first kappa shape index (κ1) is 23.9. The molecule has 0 radical (unpaired) electrons. The minimum absolute atomic E-state index is 0. The fourth-order valence-corrected chi connectivity index (χ4v) is 1.11. The molecule has 74 valence electrons. The van der Waals surface area contributed by atoms with Gasteiger partial charge in [-0.1, -0.05) is 20.8 Å². The molecule has 0 aliphatic rings. The van der Waals surface area contributed by atoms with E-state index >= 15 is 0 Å². The van der Waals surface area contributed by atoms with Gasteiger partial charge >= 0.3 is 40.1 Å². The van der Waals surface area contributed by atoms with Crippen LogP contribution in [-0.2, 0) is 17.1 Å². The van der Waals surface area contributed by atoms with Crippen molar-refractivity contribution < 1.29 is 51.0 Å². The SMILES string of the molecule is Cc1[c-]c(C)cc(C)c1.[Br-].[Br-].[Cu+].[Mg+2]. The predicted molar refractivity (Wildman–Crippen MR) is 45.2 cm³/mol. The normalized spacial score (nSPS) is 6.69. The van der Waals surface area contributed by atoms with Crippen molar-refractivity contribution in [2.24, 2.45) is 0 Å². The summed E-state index contributed by atoms with van der Waals surface area (Å²) in [5.74, 6) is 0. The maximum atomic E-state index is 3.21. The number of hydrogen-bond donors (Lipinski definition) is 0. The zero-order valence-corrected chi connectivity index (χ0v) is 13.4. The van der Waals surface area contributed by atoms with Crippen molar-refractivity contribution in [2.75, 3.05) is 0 Å². The molecule has 0 spiro atoms. The molecule has 0 atom stereocenters. The van der Waals surface area contributed by atoms with E-state index in [1.54, 1.807) is 0 Å². The molecule has 0 saturated carbocycles. The Morgan fingerprint density at radius 1 is 0.923 bits per heavy atom. The average Bonchev–Trinajstić information content (AvgIpc) is 1.59. The molecule has 1 rings (SSSR count). The van der Waals surface area contributed by atoms with Crippen LogP contribution in [-0.4, -0.2) is 23.1 Å². The molecule has 0 saturated heterocycles. The number of rotatable bonds is 0. The third-order valence-corrected chi connectivity index (χ3v) is 1.28. The molecule has 0 heterocycles. The van der Waals surface area contributed by atoms with Gasteiger partial charge in [0.1, 0.15) is 0 Å². The molecule has 0 nitrogen and oxygen atoms in total. The van der Waals surface area contributed by atoms with E-state index < -0.39 is 0 Å². The van der Waals surface area contributed by atoms with Crippen molar-refractivity contribution in [1.29, 1.82) is 0 Å². The smallest absolute Gasteiger partial charge is 1.00 e. The van der Waals surface area contributed by atoms with Gasteiger partial charge in [0.15, 0.2) is 0 Å². The van der Waals surface area contributed by atoms with E-state index in [4.69, 9.17) is 0 Å². The molecule has 0 fully saturated rings. The van der Waals surface area contributed by atoms with Gasteiger partial charge < -0.3 is 34.0 Å². The first-order chi connectivity index (χ1) is 4.18. The Kier molecular flexibility index (Phi) is 21.3. The Morgan fingerprint density at radius 2 is 1.23 bits per heavy atom. The van der Waals surface area contributed by atoms with E-state index in [0.29, 0.717) is 0 Å². The summed E-state index contributed by atoms with van der Waals surface area (Å²) in [6, 6.07) is 7.47. The van der Waals surface area contributed by atoms with Crippen molar-refractivity contribution in [1.82, 2.24) is 0 Å². The van der Waals surface area contributed by atoms with E-state index in [1.807, 2.05) is 0 Å². The summed E-state index contributed by atoms with van der Waals surface area (Å²) in [6.07, 6.45) is 0. The van der Waals surface area contributed by atoms with Crippen LogP contribution >= 0.6 is 0 Å². The third-order valence-electron chi connectivity index (χ3n) is 1.28. The standard InChI is InChI=1S/C9H11.2BrH.Cu.Mg/c1-7-4-8(2)6-9(3)5-7;;;;/h4-5H,1-3H3;2*1H;;/q-1;;;+1;+2/p-2.